The molecule has 0 fully saturated rings. The van der Waals surface area contributed by atoms with Crippen molar-refractivity contribution in [3.05, 3.63) is 23.7 Å². The first-order valence-electron chi connectivity index (χ1n) is 5.89. The van der Waals surface area contributed by atoms with Crippen LogP contribution in [-0.2, 0) is 15.7 Å². The van der Waals surface area contributed by atoms with Gasteiger partial charge >= 0.3 is 0 Å². The second kappa shape index (κ2) is 5.09. The van der Waals surface area contributed by atoms with E-state index in [1.165, 1.54) is 6.26 Å². The molecule has 0 aliphatic heterocycles. The van der Waals surface area contributed by atoms with Gasteiger partial charge in [-0.15, -0.1) is 11.6 Å². The zero-order chi connectivity index (χ0) is 14.2. The molecule has 0 bridgehead atoms. The molecule has 2 aromatic heterocycles. The number of halogens is 1. The van der Waals surface area contributed by atoms with E-state index < -0.39 is 9.84 Å². The molecule has 0 amide bonds. The van der Waals surface area contributed by atoms with Crippen LogP contribution >= 0.6 is 11.6 Å². The Morgan fingerprint density at radius 3 is 2.74 bits per heavy atom. The van der Waals surface area contributed by atoms with E-state index >= 15 is 0 Å². The van der Waals surface area contributed by atoms with Gasteiger partial charge in [0.1, 0.15) is 21.2 Å². The molecule has 1 unspecified atom stereocenters. The number of nitrogens with zero attached hydrogens (tertiary/aromatic N) is 3. The minimum Gasteiger partial charge on any atom is -0.308 e. The smallest absolute Gasteiger partial charge is 0.160 e. The normalized spacial score (nSPS) is 13.9. The third kappa shape index (κ3) is 3.06. The van der Waals surface area contributed by atoms with Crippen molar-refractivity contribution in [3.8, 4) is 0 Å². The number of aromatic nitrogens is 3. The molecule has 0 spiro atoms. The predicted molar refractivity (Wildman–Crippen MR) is 76.2 cm³/mol. The van der Waals surface area contributed by atoms with Gasteiger partial charge in [-0.1, -0.05) is 0 Å². The number of alkyl halides is 1. The van der Waals surface area contributed by atoms with E-state index in [-0.39, 0.29) is 17.7 Å². The topological polar surface area (TPSA) is 64.8 Å². The predicted octanol–water partition coefficient (Wildman–Crippen LogP) is 2.08. The largest absolute Gasteiger partial charge is 0.308 e. The van der Waals surface area contributed by atoms with E-state index in [1.54, 1.807) is 6.20 Å². The summed E-state index contributed by atoms with van der Waals surface area (Å²) in [5.41, 5.74) is 2.43. The average molecular weight is 302 g/mol. The highest BCUT2D eigenvalue weighted by atomic mass is 35.5. The Morgan fingerprint density at radius 2 is 2.16 bits per heavy atom. The Labute approximate surface area is 117 Å². The van der Waals surface area contributed by atoms with E-state index in [9.17, 15) is 8.42 Å². The summed E-state index contributed by atoms with van der Waals surface area (Å²) in [5.74, 6) is 0.910. The molecule has 0 aromatic carbocycles. The van der Waals surface area contributed by atoms with Crippen molar-refractivity contribution in [1.82, 2.24) is 14.5 Å². The summed E-state index contributed by atoms with van der Waals surface area (Å²) in [7, 11) is -3.07. The lowest BCUT2D eigenvalue weighted by Crippen LogP contribution is -2.18. The third-order valence-electron chi connectivity index (χ3n) is 2.84. The van der Waals surface area contributed by atoms with Gasteiger partial charge in [-0.3, -0.25) is 0 Å². The molecule has 0 saturated heterocycles. The Bertz CT molecular complexity index is 709. The summed E-state index contributed by atoms with van der Waals surface area (Å²) in [4.78, 5) is 8.76. The minimum absolute atomic E-state index is 0.0396. The fourth-order valence-electron chi connectivity index (χ4n) is 2.20. The molecule has 0 saturated carbocycles. The summed E-state index contributed by atoms with van der Waals surface area (Å²) in [6.07, 6.45) is 2.96. The van der Waals surface area contributed by atoms with Crippen LogP contribution in [0, 0.1) is 6.92 Å². The first-order valence-corrected chi connectivity index (χ1v) is 8.48. The van der Waals surface area contributed by atoms with Gasteiger partial charge in [0, 0.05) is 18.5 Å². The molecule has 0 aliphatic rings. The van der Waals surface area contributed by atoms with Crippen molar-refractivity contribution in [2.75, 3.05) is 12.0 Å². The van der Waals surface area contributed by atoms with Gasteiger partial charge < -0.3 is 4.57 Å². The van der Waals surface area contributed by atoms with Gasteiger partial charge in [0.2, 0.25) is 0 Å². The van der Waals surface area contributed by atoms with Crippen LogP contribution in [-0.4, -0.2) is 35.0 Å². The molecule has 0 aliphatic carbocycles. The van der Waals surface area contributed by atoms with Gasteiger partial charge in [0.15, 0.2) is 5.65 Å². The molecular formula is C12H16ClN3O2S. The zero-order valence-corrected chi connectivity index (χ0v) is 12.7. The Hall–Kier alpha value is -1.14. The number of sulfone groups is 1. The molecule has 104 valence electrons. The van der Waals surface area contributed by atoms with E-state index in [2.05, 4.69) is 9.97 Å². The Kier molecular flexibility index (Phi) is 3.82. The molecule has 0 N–H and O–H groups in total. The van der Waals surface area contributed by atoms with E-state index in [4.69, 9.17) is 11.6 Å². The highest BCUT2D eigenvalue weighted by Crippen LogP contribution is 2.22. The minimum atomic E-state index is -3.07. The molecule has 2 rings (SSSR count). The maximum atomic E-state index is 11.4. The van der Waals surface area contributed by atoms with Crippen molar-refractivity contribution < 1.29 is 8.42 Å². The highest BCUT2D eigenvalue weighted by molar-refractivity contribution is 7.90. The van der Waals surface area contributed by atoms with E-state index in [0.717, 1.165) is 11.1 Å². The quantitative estimate of drug-likeness (QED) is 0.811. The molecule has 5 nitrogen and oxygen atoms in total. The van der Waals surface area contributed by atoms with Crippen LogP contribution in [0.4, 0.5) is 0 Å². The van der Waals surface area contributed by atoms with Crippen molar-refractivity contribution in [2.24, 2.45) is 0 Å². The molecule has 7 heteroatoms. The number of hydrogen-bond acceptors (Lipinski definition) is 4. The van der Waals surface area contributed by atoms with Crippen LogP contribution in [0.3, 0.4) is 0 Å². The second-order valence-electron chi connectivity index (χ2n) is 4.83. The second-order valence-corrected chi connectivity index (χ2v) is 7.28. The number of fused-ring (bicyclic) bond motifs is 1. The Balaban J connectivity index is 2.57. The molecule has 2 aromatic rings. The Morgan fingerprint density at radius 1 is 1.47 bits per heavy atom. The first-order chi connectivity index (χ1) is 8.81. The van der Waals surface area contributed by atoms with Gasteiger partial charge in [0.25, 0.3) is 0 Å². The van der Waals surface area contributed by atoms with E-state index in [0.29, 0.717) is 11.5 Å². The number of hydrogen-bond donors (Lipinski definition) is 0. The SMILES string of the molecule is Cc1cnc2c(c1)nc(CCl)n2C(C)CS(C)(=O)=O. The molecule has 2 heterocycles. The number of imidazole rings is 1. The molecule has 0 radical (unpaired) electrons. The fourth-order valence-corrected chi connectivity index (χ4v) is 3.41. The van der Waals surface area contributed by atoms with Crippen molar-refractivity contribution in [3.63, 3.8) is 0 Å². The standard InChI is InChI=1S/C12H16ClN3O2S/c1-8-4-10-12(14-6-8)16(11(5-13)15-10)9(2)7-19(3,17)18/h4,6,9H,5,7H2,1-3H3. The summed E-state index contributed by atoms with van der Waals surface area (Å²) < 4.78 is 24.7. The lowest BCUT2D eigenvalue weighted by molar-refractivity contribution is 0.559. The van der Waals surface area contributed by atoms with Crippen molar-refractivity contribution in [1.29, 1.82) is 0 Å². The van der Waals surface area contributed by atoms with Crippen LogP contribution in [0.25, 0.3) is 11.2 Å². The molecule has 19 heavy (non-hydrogen) atoms. The van der Waals surface area contributed by atoms with Crippen LogP contribution in [0.2, 0.25) is 0 Å². The lowest BCUT2D eigenvalue weighted by Gasteiger charge is -2.15. The zero-order valence-electron chi connectivity index (χ0n) is 11.1. The number of rotatable bonds is 4. The molecule has 1 atom stereocenters. The fraction of sp³-hybridized carbons (Fsp3) is 0.500. The average Bonchev–Trinajstić information content (AvgIpc) is 2.63. The first kappa shape index (κ1) is 14.3. The van der Waals surface area contributed by atoms with Crippen molar-refractivity contribution in [2.45, 2.75) is 25.8 Å². The van der Waals surface area contributed by atoms with Crippen molar-refractivity contribution >= 4 is 32.6 Å². The number of pyridine rings is 1. The van der Waals surface area contributed by atoms with Gasteiger partial charge in [0.05, 0.1) is 11.6 Å². The van der Waals surface area contributed by atoms with Crippen LogP contribution in [0.15, 0.2) is 12.3 Å². The van der Waals surface area contributed by atoms with Gasteiger partial charge in [-0.05, 0) is 25.5 Å². The lowest BCUT2D eigenvalue weighted by atomic mass is 10.3. The summed E-state index contributed by atoms with van der Waals surface area (Å²) in [6, 6.07) is 1.67. The van der Waals surface area contributed by atoms with Crippen LogP contribution in [0.1, 0.15) is 24.4 Å². The van der Waals surface area contributed by atoms with Crippen LogP contribution in [0.5, 0.6) is 0 Å². The monoisotopic (exact) mass is 301 g/mol. The maximum Gasteiger partial charge on any atom is 0.160 e. The van der Waals surface area contributed by atoms with Crippen LogP contribution < -0.4 is 0 Å². The van der Waals surface area contributed by atoms with E-state index in [1.807, 2.05) is 24.5 Å². The highest BCUT2D eigenvalue weighted by Gasteiger charge is 2.19. The molecular weight excluding hydrogens is 286 g/mol. The van der Waals surface area contributed by atoms with Gasteiger partial charge in [-0.25, -0.2) is 18.4 Å². The van der Waals surface area contributed by atoms with Gasteiger partial charge in [-0.2, -0.15) is 0 Å². The summed E-state index contributed by atoms with van der Waals surface area (Å²) in [6.45, 7) is 3.77. The maximum absolute atomic E-state index is 11.4. The third-order valence-corrected chi connectivity index (χ3v) is 4.17. The summed E-state index contributed by atoms with van der Waals surface area (Å²) >= 11 is 5.90. The summed E-state index contributed by atoms with van der Waals surface area (Å²) in [5, 5.41) is 0. The number of aryl methyl sites for hydroxylation is 1.